The van der Waals surface area contributed by atoms with Crippen LogP contribution >= 0.6 is 0 Å². The van der Waals surface area contributed by atoms with Gasteiger partial charge in [-0.25, -0.2) is 0 Å². The number of benzene rings is 2. The normalized spacial score (nSPS) is 23.7. The van der Waals surface area contributed by atoms with Gasteiger partial charge in [0.15, 0.2) is 0 Å². The standard InChI is InChI=1S/C31H38N2O2/c1-30(2)24-14-10-12-16-26(24)32(20-22-34)28(30)18-8-6-5-7-9-19-29-31(3,4)25-15-11-13-17-27(25)33(29)21-23-35/h5-19,28,34-35H,20-23H2,1-4H3/p+1/b6-5+,9-7+,18-8+,29-19-. The lowest BCUT2D eigenvalue weighted by Crippen LogP contribution is -3.11. The van der Waals surface area contributed by atoms with E-state index >= 15 is 0 Å². The van der Waals surface area contributed by atoms with E-state index in [2.05, 4.69) is 124 Å². The van der Waals surface area contributed by atoms with Gasteiger partial charge < -0.3 is 15.1 Å². The summed E-state index contributed by atoms with van der Waals surface area (Å²) in [5.74, 6) is 0. The Bertz CT molecular complexity index is 1160. The van der Waals surface area contributed by atoms with E-state index in [-0.39, 0.29) is 30.1 Å². The van der Waals surface area contributed by atoms with E-state index in [1.807, 2.05) is 0 Å². The summed E-state index contributed by atoms with van der Waals surface area (Å²) in [6.07, 6.45) is 14.8. The first kappa shape index (κ1) is 25.2. The predicted molar refractivity (Wildman–Crippen MR) is 145 cm³/mol. The molecule has 0 aliphatic carbocycles. The van der Waals surface area contributed by atoms with Crippen molar-refractivity contribution < 1.29 is 15.1 Å². The van der Waals surface area contributed by atoms with Crippen molar-refractivity contribution in [2.75, 3.05) is 31.2 Å². The molecular formula is C31H39N2O2+. The first-order valence-electron chi connectivity index (χ1n) is 12.6. The smallest absolute Gasteiger partial charge is 0.135 e. The molecule has 3 N–H and O–H groups in total. The fourth-order valence-electron chi connectivity index (χ4n) is 5.86. The molecule has 4 heteroatoms. The van der Waals surface area contributed by atoms with Gasteiger partial charge in [-0.1, -0.05) is 80.6 Å². The van der Waals surface area contributed by atoms with Gasteiger partial charge in [-0.15, -0.1) is 0 Å². The predicted octanol–water partition coefficient (Wildman–Crippen LogP) is 4.20. The molecule has 2 heterocycles. The van der Waals surface area contributed by atoms with Crippen LogP contribution in [0.3, 0.4) is 0 Å². The number of hydrogen-bond donors (Lipinski definition) is 3. The number of aliphatic hydroxyl groups excluding tert-OH is 2. The van der Waals surface area contributed by atoms with E-state index in [1.54, 1.807) is 0 Å². The molecule has 0 fully saturated rings. The Morgan fingerprint density at radius 1 is 0.829 bits per heavy atom. The maximum absolute atomic E-state index is 9.65. The summed E-state index contributed by atoms with van der Waals surface area (Å²) in [7, 11) is 0. The average Bonchev–Trinajstić information content (AvgIpc) is 3.19. The fraction of sp³-hybridized carbons (Fsp3) is 0.355. The highest BCUT2D eigenvalue weighted by Gasteiger charge is 2.47. The molecule has 0 radical (unpaired) electrons. The number of nitrogens with zero attached hydrogens (tertiary/aromatic N) is 1. The van der Waals surface area contributed by atoms with Crippen LogP contribution in [0.5, 0.6) is 0 Å². The van der Waals surface area contributed by atoms with Crippen LogP contribution in [0.4, 0.5) is 11.4 Å². The molecule has 0 bridgehead atoms. The number of hydrogen-bond acceptors (Lipinski definition) is 3. The minimum absolute atomic E-state index is 0.00488. The third kappa shape index (κ3) is 4.66. The number of allylic oxidation sites excluding steroid dienone is 7. The largest absolute Gasteiger partial charge is 0.395 e. The molecule has 0 amide bonds. The first-order valence-corrected chi connectivity index (χ1v) is 12.6. The molecule has 2 aromatic rings. The second kappa shape index (κ2) is 10.4. The van der Waals surface area contributed by atoms with Crippen LogP contribution in [0, 0.1) is 0 Å². The van der Waals surface area contributed by atoms with Gasteiger partial charge in [0.1, 0.15) is 18.3 Å². The van der Waals surface area contributed by atoms with E-state index in [0.29, 0.717) is 13.1 Å². The monoisotopic (exact) mass is 471 g/mol. The van der Waals surface area contributed by atoms with Crippen molar-refractivity contribution in [1.82, 2.24) is 0 Å². The number of quaternary nitrogens is 1. The number of fused-ring (bicyclic) bond motifs is 2. The molecule has 2 aromatic carbocycles. The molecule has 4 rings (SSSR count). The van der Waals surface area contributed by atoms with E-state index < -0.39 is 0 Å². The lowest BCUT2D eigenvalue weighted by molar-refractivity contribution is -0.850. The highest BCUT2D eigenvalue weighted by Crippen LogP contribution is 2.47. The summed E-state index contributed by atoms with van der Waals surface area (Å²) in [4.78, 5) is 3.55. The van der Waals surface area contributed by atoms with Crippen LogP contribution in [0.15, 0.2) is 96.8 Å². The summed E-state index contributed by atoms with van der Waals surface area (Å²) < 4.78 is 0. The third-order valence-corrected chi connectivity index (χ3v) is 7.63. The summed E-state index contributed by atoms with van der Waals surface area (Å²) in [6.45, 7) is 10.6. The van der Waals surface area contributed by atoms with Crippen LogP contribution in [-0.4, -0.2) is 42.6 Å². The Morgan fingerprint density at radius 3 is 2.23 bits per heavy atom. The third-order valence-electron chi connectivity index (χ3n) is 7.63. The van der Waals surface area contributed by atoms with Crippen molar-refractivity contribution >= 4 is 11.4 Å². The zero-order valence-corrected chi connectivity index (χ0v) is 21.4. The van der Waals surface area contributed by atoms with Gasteiger partial charge in [0.2, 0.25) is 0 Å². The van der Waals surface area contributed by atoms with Crippen LogP contribution < -0.4 is 9.80 Å². The van der Waals surface area contributed by atoms with Crippen LogP contribution in [-0.2, 0) is 10.8 Å². The van der Waals surface area contributed by atoms with Gasteiger partial charge in [0.25, 0.3) is 0 Å². The lowest BCUT2D eigenvalue weighted by atomic mass is 9.80. The molecule has 35 heavy (non-hydrogen) atoms. The minimum Gasteiger partial charge on any atom is -0.395 e. The number of anilines is 1. The summed E-state index contributed by atoms with van der Waals surface area (Å²) in [5.41, 5.74) is 6.22. The SMILES string of the molecule is CC1(C)/C(=C/C=C/C=C/C=C/C2[NH+](CCO)c3ccccc3C2(C)C)N(CCO)c2ccccc21. The Labute approximate surface area is 210 Å². The lowest BCUT2D eigenvalue weighted by Gasteiger charge is -2.27. The Kier molecular flexibility index (Phi) is 7.46. The molecule has 0 spiro atoms. The van der Waals surface area contributed by atoms with Gasteiger partial charge in [-0.05, 0) is 43.7 Å². The summed E-state index contributed by atoms with van der Waals surface area (Å²) in [5, 5.41) is 19.3. The van der Waals surface area contributed by atoms with E-state index in [1.165, 1.54) is 33.1 Å². The minimum atomic E-state index is -0.109. The first-order chi connectivity index (χ1) is 16.8. The summed E-state index contributed by atoms with van der Waals surface area (Å²) >= 11 is 0. The van der Waals surface area contributed by atoms with E-state index in [9.17, 15) is 10.2 Å². The summed E-state index contributed by atoms with van der Waals surface area (Å²) in [6, 6.07) is 17.3. The maximum atomic E-state index is 9.65. The fourth-order valence-corrected chi connectivity index (χ4v) is 5.86. The molecule has 0 saturated heterocycles. The molecule has 0 saturated carbocycles. The highest BCUT2D eigenvalue weighted by molar-refractivity contribution is 5.70. The molecule has 2 aliphatic heterocycles. The number of para-hydroxylation sites is 2. The van der Waals surface area contributed by atoms with Crippen LogP contribution in [0.1, 0.15) is 38.8 Å². The van der Waals surface area contributed by atoms with E-state index in [0.717, 1.165) is 0 Å². The van der Waals surface area contributed by atoms with Crippen molar-refractivity contribution in [3.8, 4) is 0 Å². The molecule has 2 aliphatic rings. The average molecular weight is 472 g/mol. The topological polar surface area (TPSA) is 48.1 Å². The molecule has 184 valence electrons. The number of aliphatic hydroxyl groups is 2. The second-order valence-corrected chi connectivity index (χ2v) is 10.5. The van der Waals surface area contributed by atoms with Crippen molar-refractivity contribution in [2.45, 2.75) is 44.6 Å². The molecule has 0 aromatic heterocycles. The van der Waals surface area contributed by atoms with E-state index in [4.69, 9.17) is 0 Å². The highest BCUT2D eigenvalue weighted by atomic mass is 16.3. The Morgan fingerprint density at radius 2 is 1.49 bits per heavy atom. The maximum Gasteiger partial charge on any atom is 0.135 e. The quantitative estimate of drug-likeness (QED) is 0.506. The van der Waals surface area contributed by atoms with Crippen molar-refractivity contribution in [2.24, 2.45) is 0 Å². The van der Waals surface area contributed by atoms with Crippen molar-refractivity contribution in [3.63, 3.8) is 0 Å². The molecule has 4 nitrogen and oxygen atoms in total. The van der Waals surface area contributed by atoms with Crippen molar-refractivity contribution in [3.05, 3.63) is 108 Å². The van der Waals surface area contributed by atoms with Gasteiger partial charge in [-0.2, -0.15) is 0 Å². The molecule has 2 unspecified atom stereocenters. The zero-order valence-electron chi connectivity index (χ0n) is 21.4. The van der Waals surface area contributed by atoms with Gasteiger partial charge in [0, 0.05) is 28.9 Å². The number of β-amino-alcohol motifs (C(OH)–C–C–N with tert-alkyl or cyclic N) is 1. The molecular weight excluding hydrogens is 432 g/mol. The van der Waals surface area contributed by atoms with Crippen LogP contribution in [0.25, 0.3) is 0 Å². The Hall–Kier alpha value is -2.92. The van der Waals surface area contributed by atoms with Gasteiger partial charge in [-0.3, -0.25) is 4.90 Å². The second-order valence-electron chi connectivity index (χ2n) is 10.5. The Balaban J connectivity index is 1.48. The number of nitrogens with one attached hydrogen (secondary N) is 1. The van der Waals surface area contributed by atoms with Gasteiger partial charge in [0.05, 0.1) is 18.6 Å². The zero-order chi connectivity index (χ0) is 25.1. The van der Waals surface area contributed by atoms with Crippen LogP contribution in [0.2, 0.25) is 0 Å². The number of rotatable bonds is 8. The van der Waals surface area contributed by atoms with Gasteiger partial charge >= 0.3 is 0 Å². The molecule has 2 atom stereocenters. The van der Waals surface area contributed by atoms with Crippen molar-refractivity contribution in [1.29, 1.82) is 0 Å².